The normalized spacial score (nSPS) is 10.9. The van der Waals surface area contributed by atoms with Gasteiger partial charge >= 0.3 is 0 Å². The van der Waals surface area contributed by atoms with E-state index in [0.29, 0.717) is 23.7 Å². The maximum absolute atomic E-state index is 12.4. The number of ether oxygens (including phenoxy) is 2. The number of benzene rings is 4. The van der Waals surface area contributed by atoms with Gasteiger partial charge in [0.05, 0.1) is 13.3 Å². The zero-order valence-corrected chi connectivity index (χ0v) is 17.1. The Hall–Kier alpha value is -4.12. The number of nitrogens with zero attached hydrogens (tertiary/aromatic N) is 1. The number of nitrogens with one attached hydrogen (secondary N) is 1. The monoisotopic (exact) mass is 410 g/mol. The zero-order chi connectivity index (χ0) is 21.5. The maximum atomic E-state index is 12.4. The summed E-state index contributed by atoms with van der Waals surface area (Å²) in [6.45, 7) is 0.427. The Kier molecular flexibility index (Phi) is 6.24. The molecule has 0 spiro atoms. The Bertz CT molecular complexity index is 1220. The summed E-state index contributed by atoms with van der Waals surface area (Å²) < 4.78 is 11.3. The third-order valence-corrected chi connectivity index (χ3v) is 4.82. The van der Waals surface area contributed by atoms with E-state index in [4.69, 9.17) is 9.47 Å². The van der Waals surface area contributed by atoms with Crippen LogP contribution in [-0.2, 0) is 6.61 Å². The van der Waals surface area contributed by atoms with Crippen LogP contribution in [0.5, 0.6) is 11.5 Å². The number of methoxy groups -OCH3 is 1. The molecule has 1 amide bonds. The largest absolute Gasteiger partial charge is 0.493 e. The molecule has 0 heterocycles. The van der Waals surface area contributed by atoms with E-state index in [9.17, 15) is 4.79 Å². The minimum atomic E-state index is -0.268. The first-order chi connectivity index (χ1) is 15.2. The molecule has 4 aromatic carbocycles. The number of hydrogen-bond donors (Lipinski definition) is 1. The highest BCUT2D eigenvalue weighted by Crippen LogP contribution is 2.28. The van der Waals surface area contributed by atoms with Crippen molar-refractivity contribution in [3.05, 3.63) is 108 Å². The summed E-state index contributed by atoms with van der Waals surface area (Å²) in [6.07, 6.45) is 1.58. The van der Waals surface area contributed by atoms with E-state index < -0.39 is 0 Å². The summed E-state index contributed by atoms with van der Waals surface area (Å²) in [4.78, 5) is 12.4. The standard InChI is InChI=1S/C26H22N2O3/c1-30-24-14-11-20(15-25(24)31-18-19-7-3-2-4-8-19)17-27-28-26(29)23-13-12-21-9-5-6-10-22(21)16-23/h2-17H,18H2,1H3,(H,28,29)/b27-17-. The molecule has 0 radical (unpaired) electrons. The lowest BCUT2D eigenvalue weighted by Gasteiger charge is -2.11. The van der Waals surface area contributed by atoms with E-state index in [1.165, 1.54) is 0 Å². The molecule has 5 nitrogen and oxygen atoms in total. The summed E-state index contributed by atoms with van der Waals surface area (Å²) in [6, 6.07) is 28.9. The minimum Gasteiger partial charge on any atom is -0.493 e. The molecule has 0 aliphatic carbocycles. The van der Waals surface area contributed by atoms with Crippen LogP contribution in [0.2, 0.25) is 0 Å². The van der Waals surface area contributed by atoms with Crippen LogP contribution in [0, 0.1) is 0 Å². The van der Waals surface area contributed by atoms with Crippen LogP contribution >= 0.6 is 0 Å². The van der Waals surface area contributed by atoms with Gasteiger partial charge in [0.2, 0.25) is 0 Å². The Balaban J connectivity index is 1.43. The first-order valence-corrected chi connectivity index (χ1v) is 9.90. The molecule has 0 aromatic heterocycles. The Morgan fingerprint density at radius 3 is 2.45 bits per heavy atom. The molecule has 0 bridgehead atoms. The van der Waals surface area contributed by atoms with Crippen LogP contribution in [0.3, 0.4) is 0 Å². The van der Waals surface area contributed by atoms with Gasteiger partial charge in [-0.2, -0.15) is 5.10 Å². The van der Waals surface area contributed by atoms with Crippen molar-refractivity contribution < 1.29 is 14.3 Å². The average molecular weight is 410 g/mol. The lowest BCUT2D eigenvalue weighted by atomic mass is 10.1. The average Bonchev–Trinajstić information content (AvgIpc) is 2.83. The van der Waals surface area contributed by atoms with Gasteiger partial charge in [-0.1, -0.05) is 60.7 Å². The van der Waals surface area contributed by atoms with E-state index in [-0.39, 0.29) is 5.91 Å². The van der Waals surface area contributed by atoms with Crippen molar-refractivity contribution in [3.8, 4) is 11.5 Å². The number of hydrazone groups is 1. The predicted molar refractivity (Wildman–Crippen MR) is 123 cm³/mol. The number of carbonyl (C=O) groups excluding carboxylic acids is 1. The number of fused-ring (bicyclic) bond motifs is 1. The van der Waals surface area contributed by atoms with Crippen LogP contribution in [0.1, 0.15) is 21.5 Å². The highest BCUT2D eigenvalue weighted by Gasteiger charge is 2.07. The summed E-state index contributed by atoms with van der Waals surface area (Å²) in [5.41, 5.74) is 4.97. The first kappa shape index (κ1) is 20.2. The van der Waals surface area contributed by atoms with E-state index in [2.05, 4.69) is 10.5 Å². The van der Waals surface area contributed by atoms with Crippen LogP contribution in [-0.4, -0.2) is 19.2 Å². The van der Waals surface area contributed by atoms with Crippen LogP contribution in [0.25, 0.3) is 10.8 Å². The van der Waals surface area contributed by atoms with Gasteiger partial charge in [-0.3, -0.25) is 4.79 Å². The van der Waals surface area contributed by atoms with Crippen molar-refractivity contribution in [3.63, 3.8) is 0 Å². The molecule has 0 fully saturated rings. The number of amides is 1. The number of carbonyl (C=O) groups is 1. The number of hydrogen-bond acceptors (Lipinski definition) is 4. The topological polar surface area (TPSA) is 59.9 Å². The Labute approximate surface area is 180 Å². The molecule has 4 aromatic rings. The summed E-state index contributed by atoms with van der Waals surface area (Å²) in [5.74, 6) is 0.973. The zero-order valence-electron chi connectivity index (χ0n) is 17.1. The quantitative estimate of drug-likeness (QED) is 0.337. The van der Waals surface area contributed by atoms with Gasteiger partial charge in [0.25, 0.3) is 5.91 Å². The third-order valence-electron chi connectivity index (χ3n) is 4.82. The van der Waals surface area contributed by atoms with Gasteiger partial charge in [0.15, 0.2) is 11.5 Å². The van der Waals surface area contributed by atoms with E-state index in [1.54, 1.807) is 19.4 Å². The lowest BCUT2D eigenvalue weighted by Crippen LogP contribution is -2.17. The van der Waals surface area contributed by atoms with E-state index in [0.717, 1.165) is 21.9 Å². The molecule has 0 saturated carbocycles. The molecule has 0 aliphatic rings. The van der Waals surface area contributed by atoms with Gasteiger partial charge in [-0.15, -0.1) is 0 Å². The van der Waals surface area contributed by atoms with Gasteiger partial charge in [0, 0.05) is 5.56 Å². The van der Waals surface area contributed by atoms with Gasteiger partial charge in [-0.05, 0) is 52.2 Å². The highest BCUT2D eigenvalue weighted by molar-refractivity contribution is 5.99. The molecule has 1 N–H and O–H groups in total. The molecule has 4 rings (SSSR count). The van der Waals surface area contributed by atoms with Gasteiger partial charge < -0.3 is 9.47 Å². The fourth-order valence-electron chi connectivity index (χ4n) is 3.18. The summed E-state index contributed by atoms with van der Waals surface area (Å²) in [5, 5.41) is 6.19. The van der Waals surface area contributed by atoms with E-state index in [1.807, 2.05) is 84.9 Å². The molecular weight excluding hydrogens is 388 g/mol. The lowest BCUT2D eigenvalue weighted by molar-refractivity contribution is 0.0955. The van der Waals surface area contributed by atoms with Gasteiger partial charge in [0.1, 0.15) is 6.61 Å². The van der Waals surface area contributed by atoms with Crippen molar-refractivity contribution in [1.29, 1.82) is 0 Å². The SMILES string of the molecule is COc1ccc(/C=N\NC(=O)c2ccc3ccccc3c2)cc1OCc1ccccc1. The molecule has 31 heavy (non-hydrogen) atoms. The fraction of sp³-hybridized carbons (Fsp3) is 0.0769. The summed E-state index contributed by atoms with van der Waals surface area (Å²) in [7, 11) is 1.60. The van der Waals surface area contributed by atoms with Crippen LogP contribution in [0.4, 0.5) is 0 Å². The second-order valence-electron chi connectivity index (χ2n) is 6.95. The Morgan fingerprint density at radius 2 is 1.65 bits per heavy atom. The smallest absolute Gasteiger partial charge is 0.271 e. The molecule has 154 valence electrons. The molecular formula is C26H22N2O3. The van der Waals surface area contributed by atoms with Crippen LogP contribution < -0.4 is 14.9 Å². The van der Waals surface area contributed by atoms with Crippen molar-refractivity contribution >= 4 is 22.9 Å². The molecule has 0 aliphatic heterocycles. The maximum Gasteiger partial charge on any atom is 0.271 e. The molecule has 5 heteroatoms. The fourth-order valence-corrected chi connectivity index (χ4v) is 3.18. The molecule has 0 unspecified atom stereocenters. The van der Waals surface area contributed by atoms with E-state index >= 15 is 0 Å². The van der Waals surface area contributed by atoms with Crippen LogP contribution in [0.15, 0.2) is 96.1 Å². The van der Waals surface area contributed by atoms with Crippen molar-refractivity contribution in [2.24, 2.45) is 5.10 Å². The second-order valence-corrected chi connectivity index (χ2v) is 6.95. The van der Waals surface area contributed by atoms with Crippen molar-refractivity contribution in [2.45, 2.75) is 6.61 Å². The van der Waals surface area contributed by atoms with Crippen molar-refractivity contribution in [1.82, 2.24) is 5.43 Å². The third kappa shape index (κ3) is 5.08. The second kappa shape index (κ2) is 9.59. The Morgan fingerprint density at radius 1 is 0.871 bits per heavy atom. The predicted octanol–water partition coefficient (Wildman–Crippen LogP) is 5.19. The van der Waals surface area contributed by atoms with Gasteiger partial charge in [-0.25, -0.2) is 5.43 Å². The number of rotatable bonds is 7. The molecule has 0 atom stereocenters. The summed E-state index contributed by atoms with van der Waals surface area (Å²) >= 11 is 0. The minimum absolute atomic E-state index is 0.268. The molecule has 0 saturated heterocycles. The first-order valence-electron chi connectivity index (χ1n) is 9.90. The highest BCUT2D eigenvalue weighted by atomic mass is 16.5. The van der Waals surface area contributed by atoms with Crippen molar-refractivity contribution in [2.75, 3.05) is 7.11 Å².